The highest BCUT2D eigenvalue weighted by molar-refractivity contribution is 6.30. The molecule has 0 radical (unpaired) electrons. The molecule has 9 heteroatoms. The van der Waals surface area contributed by atoms with Gasteiger partial charge in [-0.15, -0.1) is 0 Å². The van der Waals surface area contributed by atoms with Gasteiger partial charge in [0.25, 0.3) is 0 Å². The van der Waals surface area contributed by atoms with Crippen molar-refractivity contribution in [1.29, 1.82) is 0 Å². The van der Waals surface area contributed by atoms with E-state index in [2.05, 4.69) is 15.4 Å². The smallest absolute Gasteiger partial charge is 0.404 e. The maximum absolute atomic E-state index is 10.9. The van der Waals surface area contributed by atoms with Crippen LogP contribution in [0.25, 0.3) is 10.9 Å². The minimum atomic E-state index is -1.10. The van der Waals surface area contributed by atoms with E-state index in [0.29, 0.717) is 36.0 Å². The summed E-state index contributed by atoms with van der Waals surface area (Å²) in [6.45, 7) is 0.569. The summed E-state index contributed by atoms with van der Waals surface area (Å²) in [6.07, 6.45) is 1.85. The van der Waals surface area contributed by atoms with E-state index in [9.17, 15) is 9.90 Å². The highest BCUT2D eigenvalue weighted by atomic mass is 35.5. The fourth-order valence-electron chi connectivity index (χ4n) is 3.14. The Kier molecular flexibility index (Phi) is 6.20. The first-order chi connectivity index (χ1) is 13.5. The van der Waals surface area contributed by atoms with E-state index in [1.807, 2.05) is 6.07 Å². The van der Waals surface area contributed by atoms with Crippen LogP contribution in [0.3, 0.4) is 0 Å². The van der Waals surface area contributed by atoms with Gasteiger partial charge in [0.15, 0.2) is 0 Å². The number of ether oxygens (including phenoxy) is 1. The van der Waals surface area contributed by atoms with Gasteiger partial charge in [0, 0.05) is 24.9 Å². The number of phenolic OH excluding ortho intramolecular Hbond substituents is 1. The number of nitrogens with one attached hydrogen (secondary N) is 1. The summed E-state index contributed by atoms with van der Waals surface area (Å²) >= 11 is 6.04. The molecular weight excluding hydrogens is 384 g/mol. The van der Waals surface area contributed by atoms with Gasteiger partial charge in [0.05, 0.1) is 12.8 Å². The van der Waals surface area contributed by atoms with Gasteiger partial charge < -0.3 is 20.3 Å². The molecule has 0 saturated carbocycles. The van der Waals surface area contributed by atoms with Crippen molar-refractivity contribution in [2.45, 2.75) is 18.8 Å². The highest BCUT2D eigenvalue weighted by Crippen LogP contribution is 2.29. The maximum atomic E-state index is 10.9. The molecule has 3 aromatic rings. The number of nitrogens with zero attached hydrogens (tertiary/aromatic N) is 3. The molecule has 3 N–H and O–H groups in total. The lowest BCUT2D eigenvalue weighted by atomic mass is 9.93. The molecule has 148 valence electrons. The lowest BCUT2D eigenvalue weighted by Gasteiger charge is -2.18. The van der Waals surface area contributed by atoms with Crippen LogP contribution in [0.2, 0.25) is 5.15 Å². The standard InChI is InChI=1S/C19H21ClN4O4/c1-24-17-13(11-22-24)9-16(20)23-18(17)28-8-4-5-12(10-21-19(26)27)14-6-2-3-7-15(14)25/h2-3,6-7,9,11-12,21,25H,4-5,8,10H2,1H3,(H,26,27). The molecule has 0 aliphatic heterocycles. The van der Waals surface area contributed by atoms with Crippen molar-refractivity contribution in [3.05, 3.63) is 47.2 Å². The number of aromatic hydroxyl groups is 1. The SMILES string of the molecule is Cn1ncc2cc(Cl)nc(OCCCC(CNC(=O)O)c3ccccc3O)c21. The van der Waals surface area contributed by atoms with Gasteiger partial charge >= 0.3 is 6.09 Å². The molecule has 2 aromatic heterocycles. The molecule has 28 heavy (non-hydrogen) atoms. The normalized spacial score (nSPS) is 12.1. The van der Waals surface area contributed by atoms with Crippen molar-refractivity contribution in [3.63, 3.8) is 0 Å². The minimum Gasteiger partial charge on any atom is -0.508 e. The van der Waals surface area contributed by atoms with Crippen LogP contribution in [0.1, 0.15) is 24.3 Å². The fourth-order valence-corrected chi connectivity index (χ4v) is 3.34. The topological polar surface area (TPSA) is 110 Å². The first-order valence-corrected chi connectivity index (χ1v) is 9.19. The third kappa shape index (κ3) is 4.64. The Labute approximate surface area is 166 Å². The van der Waals surface area contributed by atoms with Crippen molar-refractivity contribution in [1.82, 2.24) is 20.1 Å². The molecule has 3 rings (SSSR count). The number of para-hydroxylation sites is 1. The molecule has 0 aliphatic carbocycles. The number of rotatable bonds is 8. The average molecular weight is 405 g/mol. The Morgan fingerprint density at radius 1 is 1.39 bits per heavy atom. The average Bonchev–Trinajstić information content (AvgIpc) is 3.02. The lowest BCUT2D eigenvalue weighted by molar-refractivity contribution is 0.193. The van der Waals surface area contributed by atoms with Crippen molar-refractivity contribution in [2.75, 3.05) is 13.2 Å². The van der Waals surface area contributed by atoms with Crippen LogP contribution >= 0.6 is 11.6 Å². The van der Waals surface area contributed by atoms with Crippen LogP contribution in [-0.2, 0) is 7.05 Å². The van der Waals surface area contributed by atoms with Crippen molar-refractivity contribution >= 4 is 28.6 Å². The molecule has 0 spiro atoms. The quantitative estimate of drug-likeness (QED) is 0.391. The summed E-state index contributed by atoms with van der Waals surface area (Å²) < 4.78 is 7.50. The maximum Gasteiger partial charge on any atom is 0.404 e. The highest BCUT2D eigenvalue weighted by Gasteiger charge is 2.17. The fraction of sp³-hybridized carbons (Fsp3) is 0.316. The molecular formula is C19H21ClN4O4. The summed E-state index contributed by atoms with van der Waals surface area (Å²) in [5.74, 6) is 0.379. The summed E-state index contributed by atoms with van der Waals surface area (Å²) in [6, 6.07) is 8.65. The van der Waals surface area contributed by atoms with Crippen LogP contribution in [0.5, 0.6) is 11.6 Å². The van der Waals surface area contributed by atoms with E-state index in [-0.39, 0.29) is 18.2 Å². The van der Waals surface area contributed by atoms with Gasteiger partial charge in [-0.2, -0.15) is 10.1 Å². The van der Waals surface area contributed by atoms with E-state index in [1.54, 1.807) is 42.2 Å². The summed E-state index contributed by atoms with van der Waals surface area (Å²) in [7, 11) is 1.80. The number of halogens is 1. The summed E-state index contributed by atoms with van der Waals surface area (Å²) in [5, 5.41) is 26.7. The van der Waals surface area contributed by atoms with E-state index in [1.165, 1.54) is 0 Å². The Hall–Kier alpha value is -3.00. The first kappa shape index (κ1) is 19.8. The molecule has 0 aliphatic rings. The molecule has 1 atom stereocenters. The van der Waals surface area contributed by atoms with Gasteiger partial charge in [-0.25, -0.2) is 4.79 Å². The van der Waals surface area contributed by atoms with Crippen LogP contribution in [0.15, 0.2) is 36.5 Å². The summed E-state index contributed by atoms with van der Waals surface area (Å²) in [5.41, 5.74) is 1.46. The van der Waals surface area contributed by atoms with Gasteiger partial charge in [-0.3, -0.25) is 4.68 Å². The zero-order chi connectivity index (χ0) is 20.1. The molecule has 0 fully saturated rings. The van der Waals surface area contributed by atoms with E-state index < -0.39 is 6.09 Å². The minimum absolute atomic E-state index is 0.147. The van der Waals surface area contributed by atoms with Crippen molar-refractivity contribution in [2.24, 2.45) is 7.05 Å². The van der Waals surface area contributed by atoms with Crippen LogP contribution in [0, 0.1) is 0 Å². The zero-order valence-corrected chi connectivity index (χ0v) is 16.1. The number of carbonyl (C=O) groups is 1. The van der Waals surface area contributed by atoms with E-state index in [4.69, 9.17) is 21.4 Å². The number of aromatic nitrogens is 3. The van der Waals surface area contributed by atoms with E-state index >= 15 is 0 Å². The molecule has 0 saturated heterocycles. The molecule has 1 aromatic carbocycles. The molecule has 1 unspecified atom stereocenters. The molecule has 2 heterocycles. The Morgan fingerprint density at radius 3 is 2.93 bits per heavy atom. The number of hydrogen-bond acceptors (Lipinski definition) is 5. The lowest BCUT2D eigenvalue weighted by Crippen LogP contribution is -2.27. The van der Waals surface area contributed by atoms with Crippen LogP contribution < -0.4 is 10.1 Å². The number of aryl methyl sites for hydroxylation is 1. The largest absolute Gasteiger partial charge is 0.508 e. The third-order valence-electron chi connectivity index (χ3n) is 4.46. The van der Waals surface area contributed by atoms with Gasteiger partial charge in [0.1, 0.15) is 16.4 Å². The Bertz CT molecular complexity index is 976. The predicted molar refractivity (Wildman–Crippen MR) is 105 cm³/mol. The monoisotopic (exact) mass is 404 g/mol. The van der Waals surface area contributed by atoms with Gasteiger partial charge in [0.2, 0.25) is 5.88 Å². The third-order valence-corrected chi connectivity index (χ3v) is 4.66. The summed E-state index contributed by atoms with van der Waals surface area (Å²) in [4.78, 5) is 15.1. The van der Waals surface area contributed by atoms with E-state index in [0.717, 1.165) is 10.9 Å². The molecule has 8 nitrogen and oxygen atoms in total. The molecule has 0 bridgehead atoms. The molecule has 1 amide bonds. The number of hydrogen-bond donors (Lipinski definition) is 3. The number of amides is 1. The Morgan fingerprint density at radius 2 is 2.18 bits per heavy atom. The van der Waals surface area contributed by atoms with Crippen LogP contribution in [-0.4, -0.2) is 44.2 Å². The van der Waals surface area contributed by atoms with Gasteiger partial charge in [-0.05, 0) is 30.5 Å². The number of phenols is 1. The zero-order valence-electron chi connectivity index (χ0n) is 15.3. The van der Waals surface area contributed by atoms with Crippen molar-refractivity contribution in [3.8, 4) is 11.6 Å². The number of fused-ring (bicyclic) bond motifs is 1. The number of benzene rings is 1. The van der Waals surface area contributed by atoms with Gasteiger partial charge in [-0.1, -0.05) is 29.8 Å². The second-order valence-electron chi connectivity index (χ2n) is 6.39. The number of carboxylic acid groups (broad SMARTS) is 1. The second kappa shape index (κ2) is 8.79. The second-order valence-corrected chi connectivity index (χ2v) is 6.78. The van der Waals surface area contributed by atoms with Crippen molar-refractivity contribution < 1.29 is 19.7 Å². The van der Waals surface area contributed by atoms with Crippen LogP contribution in [0.4, 0.5) is 4.79 Å². The Balaban J connectivity index is 1.65. The number of pyridine rings is 1. The first-order valence-electron chi connectivity index (χ1n) is 8.81. The predicted octanol–water partition coefficient (Wildman–Crippen LogP) is 3.54.